The van der Waals surface area contributed by atoms with Crippen LogP contribution in [0, 0.1) is 47.3 Å². The fourth-order valence-electron chi connectivity index (χ4n) is 8.07. The molecule has 4 bridgehead atoms. The first-order valence-corrected chi connectivity index (χ1v) is 13.7. The molecule has 8 unspecified atom stereocenters. The number of hydrogen-bond acceptors (Lipinski definition) is 2. The van der Waals surface area contributed by atoms with Gasteiger partial charge in [0.25, 0.3) is 0 Å². The molecular formula is C26H44N4O2. The highest BCUT2D eigenvalue weighted by Crippen LogP contribution is 2.48. The first kappa shape index (κ1) is 22.3. The normalized spacial score (nSPS) is 39.8. The second-order valence-electron chi connectivity index (χ2n) is 12.0. The molecule has 5 aliphatic carbocycles. The van der Waals surface area contributed by atoms with Crippen LogP contribution >= 0.6 is 0 Å². The van der Waals surface area contributed by atoms with Gasteiger partial charge in [-0.1, -0.05) is 19.3 Å². The first-order valence-electron chi connectivity index (χ1n) is 13.7. The average Bonchev–Trinajstić information content (AvgIpc) is 3.61. The van der Waals surface area contributed by atoms with Gasteiger partial charge in [-0.15, -0.1) is 0 Å². The average molecular weight is 445 g/mol. The molecule has 0 aromatic rings. The molecule has 6 heteroatoms. The quantitative estimate of drug-likeness (QED) is 0.451. The maximum atomic E-state index is 12.3. The van der Waals surface area contributed by atoms with E-state index in [-0.39, 0.29) is 12.1 Å². The number of carbonyl (C=O) groups is 2. The summed E-state index contributed by atoms with van der Waals surface area (Å²) in [4.78, 5) is 24.6. The van der Waals surface area contributed by atoms with Crippen LogP contribution in [0.15, 0.2) is 0 Å². The fourth-order valence-corrected chi connectivity index (χ4v) is 8.07. The van der Waals surface area contributed by atoms with Gasteiger partial charge in [0.05, 0.1) is 0 Å². The highest BCUT2D eigenvalue weighted by molar-refractivity contribution is 5.74. The Morgan fingerprint density at radius 2 is 1.00 bits per heavy atom. The van der Waals surface area contributed by atoms with Gasteiger partial charge >= 0.3 is 12.1 Å². The van der Waals surface area contributed by atoms with Crippen molar-refractivity contribution in [3.8, 4) is 0 Å². The molecule has 4 amide bonds. The smallest absolute Gasteiger partial charge is 0.314 e. The Kier molecular flexibility index (Phi) is 7.13. The van der Waals surface area contributed by atoms with Crippen LogP contribution in [-0.2, 0) is 0 Å². The second kappa shape index (κ2) is 10.2. The van der Waals surface area contributed by atoms with Crippen LogP contribution in [0.4, 0.5) is 9.59 Å². The molecule has 0 radical (unpaired) electrons. The maximum Gasteiger partial charge on any atom is 0.314 e. The fraction of sp³-hybridized carbons (Fsp3) is 0.923. The molecule has 6 nitrogen and oxygen atoms in total. The van der Waals surface area contributed by atoms with E-state index in [9.17, 15) is 9.59 Å². The summed E-state index contributed by atoms with van der Waals surface area (Å²) < 4.78 is 0. The van der Waals surface area contributed by atoms with Crippen molar-refractivity contribution in [2.45, 2.75) is 77.0 Å². The Morgan fingerprint density at radius 1 is 0.531 bits per heavy atom. The van der Waals surface area contributed by atoms with Crippen LogP contribution < -0.4 is 21.3 Å². The lowest BCUT2D eigenvalue weighted by atomic mass is 9.81. The summed E-state index contributed by atoms with van der Waals surface area (Å²) >= 11 is 0. The monoisotopic (exact) mass is 444 g/mol. The molecule has 5 aliphatic rings. The van der Waals surface area contributed by atoms with Crippen LogP contribution in [0.5, 0.6) is 0 Å². The second-order valence-corrected chi connectivity index (χ2v) is 12.0. The number of hydrogen-bond donors (Lipinski definition) is 4. The molecule has 0 saturated heterocycles. The van der Waals surface area contributed by atoms with Crippen LogP contribution in [-0.4, -0.2) is 38.2 Å². The molecular weight excluding hydrogens is 400 g/mol. The highest BCUT2D eigenvalue weighted by atomic mass is 16.2. The first-order chi connectivity index (χ1) is 15.6. The van der Waals surface area contributed by atoms with E-state index in [1.807, 2.05) is 0 Å². The van der Waals surface area contributed by atoms with Gasteiger partial charge in [-0.25, -0.2) is 9.59 Å². The van der Waals surface area contributed by atoms with Crippen molar-refractivity contribution in [1.82, 2.24) is 21.3 Å². The van der Waals surface area contributed by atoms with E-state index in [1.165, 1.54) is 70.6 Å². The van der Waals surface area contributed by atoms with E-state index >= 15 is 0 Å². The SMILES string of the molecule is O=C(NCC1CCCC(CNC(=O)NCC2CC3CCC2C3)C1)NCC1CC2CCC1C2. The Labute approximate surface area is 193 Å². The van der Waals surface area contributed by atoms with Crippen LogP contribution in [0.2, 0.25) is 0 Å². The standard InChI is InChI=1S/C26H44N4O2/c31-25(29-15-23-11-17-4-6-21(23)9-17)27-13-19-2-1-3-20(8-19)14-28-26(32)30-16-24-12-18-5-7-22(24)10-18/h17-24H,1-16H2,(H2,27,29,31)(H2,28,30,32). The minimum absolute atomic E-state index is 0.00742. The zero-order valence-electron chi connectivity index (χ0n) is 19.7. The predicted molar refractivity (Wildman–Crippen MR) is 126 cm³/mol. The van der Waals surface area contributed by atoms with Crippen molar-refractivity contribution in [2.24, 2.45) is 47.3 Å². The Morgan fingerprint density at radius 3 is 1.41 bits per heavy atom. The summed E-state index contributed by atoms with van der Waals surface area (Å²) in [5, 5.41) is 12.5. The molecule has 5 rings (SSSR count). The molecule has 180 valence electrons. The summed E-state index contributed by atoms with van der Waals surface area (Å²) in [5.74, 6) is 6.06. The van der Waals surface area contributed by atoms with Crippen LogP contribution in [0.1, 0.15) is 77.0 Å². The molecule has 4 N–H and O–H groups in total. The molecule has 0 aliphatic heterocycles. The lowest BCUT2D eigenvalue weighted by Gasteiger charge is -2.30. The van der Waals surface area contributed by atoms with Crippen molar-refractivity contribution in [2.75, 3.05) is 26.2 Å². The lowest BCUT2D eigenvalue weighted by molar-refractivity contribution is 0.217. The number of amides is 4. The molecule has 5 saturated carbocycles. The third-order valence-electron chi connectivity index (χ3n) is 9.81. The van der Waals surface area contributed by atoms with Crippen molar-refractivity contribution in [3.05, 3.63) is 0 Å². The van der Waals surface area contributed by atoms with Gasteiger partial charge in [0.2, 0.25) is 0 Å². The van der Waals surface area contributed by atoms with E-state index in [0.717, 1.165) is 56.3 Å². The van der Waals surface area contributed by atoms with Crippen molar-refractivity contribution < 1.29 is 9.59 Å². The van der Waals surface area contributed by atoms with Gasteiger partial charge in [0.15, 0.2) is 0 Å². The summed E-state index contributed by atoms with van der Waals surface area (Å²) in [6, 6.07) is 0.0148. The van der Waals surface area contributed by atoms with E-state index in [0.29, 0.717) is 23.7 Å². The molecule has 32 heavy (non-hydrogen) atoms. The topological polar surface area (TPSA) is 82.3 Å². The van der Waals surface area contributed by atoms with E-state index in [2.05, 4.69) is 21.3 Å². The van der Waals surface area contributed by atoms with Gasteiger partial charge in [0.1, 0.15) is 0 Å². The lowest BCUT2D eigenvalue weighted by Crippen LogP contribution is -2.43. The van der Waals surface area contributed by atoms with E-state index in [4.69, 9.17) is 0 Å². The Bertz CT molecular complexity index is 616. The van der Waals surface area contributed by atoms with Crippen LogP contribution in [0.3, 0.4) is 0 Å². The number of rotatable bonds is 8. The summed E-state index contributed by atoms with van der Waals surface area (Å²) in [5.41, 5.74) is 0. The third kappa shape index (κ3) is 5.53. The minimum Gasteiger partial charge on any atom is -0.338 e. The largest absolute Gasteiger partial charge is 0.338 e. The Balaban J connectivity index is 0.933. The zero-order valence-corrected chi connectivity index (χ0v) is 19.7. The number of carbonyl (C=O) groups excluding carboxylic acids is 2. The molecule has 0 heterocycles. The van der Waals surface area contributed by atoms with E-state index < -0.39 is 0 Å². The van der Waals surface area contributed by atoms with Gasteiger partial charge in [-0.2, -0.15) is 0 Å². The third-order valence-corrected chi connectivity index (χ3v) is 9.81. The van der Waals surface area contributed by atoms with Gasteiger partial charge in [-0.3, -0.25) is 0 Å². The predicted octanol–water partition coefficient (Wildman–Crippen LogP) is 4.26. The van der Waals surface area contributed by atoms with Gasteiger partial charge < -0.3 is 21.3 Å². The highest BCUT2D eigenvalue weighted by Gasteiger charge is 2.40. The number of nitrogens with one attached hydrogen (secondary N) is 4. The molecule has 0 spiro atoms. The molecule has 0 aromatic carbocycles. The van der Waals surface area contributed by atoms with Crippen molar-refractivity contribution >= 4 is 12.1 Å². The molecule has 0 aromatic heterocycles. The maximum absolute atomic E-state index is 12.3. The number of fused-ring (bicyclic) bond motifs is 4. The van der Waals surface area contributed by atoms with Crippen LogP contribution in [0.25, 0.3) is 0 Å². The Hall–Kier alpha value is -1.46. The minimum atomic E-state index is 0.00742. The van der Waals surface area contributed by atoms with Crippen molar-refractivity contribution in [3.63, 3.8) is 0 Å². The van der Waals surface area contributed by atoms with E-state index in [1.54, 1.807) is 0 Å². The zero-order chi connectivity index (χ0) is 21.9. The number of urea groups is 2. The summed E-state index contributed by atoms with van der Waals surface area (Å²) in [6.45, 7) is 3.22. The molecule has 5 fully saturated rings. The molecule has 8 atom stereocenters. The van der Waals surface area contributed by atoms with Gasteiger partial charge in [0, 0.05) is 26.2 Å². The van der Waals surface area contributed by atoms with Crippen molar-refractivity contribution in [1.29, 1.82) is 0 Å². The summed E-state index contributed by atoms with van der Waals surface area (Å²) in [6.07, 6.45) is 15.6. The summed E-state index contributed by atoms with van der Waals surface area (Å²) in [7, 11) is 0. The van der Waals surface area contributed by atoms with Gasteiger partial charge in [-0.05, 0) is 105 Å².